The van der Waals surface area contributed by atoms with E-state index in [1.54, 1.807) is 0 Å². The van der Waals surface area contributed by atoms with Crippen LogP contribution >= 0.6 is 0 Å². The van der Waals surface area contributed by atoms with E-state index >= 15 is 0 Å². The van der Waals surface area contributed by atoms with Crippen LogP contribution in [0, 0.1) is 0 Å². The standard InChI is InChI=1S/C10H17N3O3S/c1-3-5-13(6-4-2)17(15,16)10-9(8-14)7-11-12-10/h3,7,14H,1,4-6,8H2,2H3,(H,11,12). The first-order valence-electron chi connectivity index (χ1n) is 5.32. The first kappa shape index (κ1) is 13.9. The van der Waals surface area contributed by atoms with Crippen molar-refractivity contribution in [1.82, 2.24) is 14.5 Å². The maximum Gasteiger partial charge on any atom is 0.260 e. The Kier molecular flexibility index (Phi) is 4.86. The monoisotopic (exact) mass is 259 g/mol. The number of aromatic nitrogens is 2. The number of aliphatic hydroxyl groups is 1. The van der Waals surface area contributed by atoms with E-state index in [0.29, 0.717) is 13.0 Å². The zero-order valence-corrected chi connectivity index (χ0v) is 10.6. The van der Waals surface area contributed by atoms with Gasteiger partial charge in [-0.25, -0.2) is 8.42 Å². The lowest BCUT2D eigenvalue weighted by Gasteiger charge is -2.19. The van der Waals surface area contributed by atoms with Gasteiger partial charge in [0.05, 0.1) is 12.8 Å². The van der Waals surface area contributed by atoms with E-state index in [4.69, 9.17) is 5.11 Å². The topological polar surface area (TPSA) is 86.3 Å². The summed E-state index contributed by atoms with van der Waals surface area (Å²) in [6.45, 7) is 5.71. The van der Waals surface area contributed by atoms with Crippen LogP contribution in [-0.2, 0) is 16.6 Å². The fourth-order valence-corrected chi connectivity index (χ4v) is 3.07. The number of hydrogen-bond acceptors (Lipinski definition) is 4. The zero-order valence-electron chi connectivity index (χ0n) is 9.76. The molecule has 0 radical (unpaired) electrons. The lowest BCUT2D eigenvalue weighted by molar-refractivity contribution is 0.278. The Morgan fingerprint density at radius 2 is 2.35 bits per heavy atom. The summed E-state index contributed by atoms with van der Waals surface area (Å²) in [7, 11) is -3.64. The minimum atomic E-state index is -3.64. The number of rotatable bonds is 7. The molecule has 6 nitrogen and oxygen atoms in total. The summed E-state index contributed by atoms with van der Waals surface area (Å²) in [5, 5.41) is 15.1. The highest BCUT2D eigenvalue weighted by molar-refractivity contribution is 7.89. The number of nitrogens with zero attached hydrogens (tertiary/aromatic N) is 2. The molecular formula is C10H17N3O3S. The molecule has 1 aromatic heterocycles. The number of nitrogens with one attached hydrogen (secondary N) is 1. The van der Waals surface area contributed by atoms with Crippen LogP contribution in [0.25, 0.3) is 0 Å². The van der Waals surface area contributed by atoms with Crippen molar-refractivity contribution in [3.8, 4) is 0 Å². The molecule has 1 rings (SSSR count). The second-order valence-corrected chi connectivity index (χ2v) is 5.41. The van der Waals surface area contributed by atoms with Gasteiger partial charge < -0.3 is 5.11 Å². The van der Waals surface area contributed by atoms with Gasteiger partial charge in [-0.1, -0.05) is 13.0 Å². The van der Waals surface area contributed by atoms with Gasteiger partial charge >= 0.3 is 0 Å². The predicted molar refractivity (Wildman–Crippen MR) is 63.8 cm³/mol. The van der Waals surface area contributed by atoms with Crippen LogP contribution in [0.15, 0.2) is 23.9 Å². The van der Waals surface area contributed by atoms with Gasteiger partial charge in [-0.2, -0.15) is 9.40 Å². The van der Waals surface area contributed by atoms with Crippen LogP contribution in [0.5, 0.6) is 0 Å². The van der Waals surface area contributed by atoms with E-state index in [0.717, 1.165) is 0 Å². The second kappa shape index (κ2) is 5.95. The molecule has 2 N–H and O–H groups in total. The number of aromatic amines is 1. The summed E-state index contributed by atoms with van der Waals surface area (Å²) in [6, 6.07) is 0. The first-order chi connectivity index (χ1) is 8.07. The van der Waals surface area contributed by atoms with Crippen molar-refractivity contribution < 1.29 is 13.5 Å². The van der Waals surface area contributed by atoms with E-state index < -0.39 is 10.0 Å². The average molecular weight is 259 g/mol. The van der Waals surface area contributed by atoms with Gasteiger partial charge in [0.2, 0.25) is 0 Å². The molecule has 96 valence electrons. The van der Waals surface area contributed by atoms with Crippen LogP contribution in [0.1, 0.15) is 18.9 Å². The van der Waals surface area contributed by atoms with Gasteiger partial charge in [0, 0.05) is 18.7 Å². The van der Waals surface area contributed by atoms with E-state index in [-0.39, 0.29) is 23.7 Å². The summed E-state index contributed by atoms with van der Waals surface area (Å²) in [4.78, 5) is 0. The normalized spacial score (nSPS) is 11.9. The molecule has 1 heterocycles. The Morgan fingerprint density at radius 3 is 2.88 bits per heavy atom. The molecule has 0 amide bonds. The number of sulfonamides is 1. The molecule has 0 spiro atoms. The van der Waals surface area contributed by atoms with Gasteiger partial charge in [0.25, 0.3) is 10.0 Å². The lowest BCUT2D eigenvalue weighted by Crippen LogP contribution is -2.32. The van der Waals surface area contributed by atoms with Crippen molar-refractivity contribution >= 4 is 10.0 Å². The minimum absolute atomic E-state index is 0.0460. The second-order valence-electron chi connectivity index (χ2n) is 3.53. The smallest absolute Gasteiger partial charge is 0.260 e. The van der Waals surface area contributed by atoms with Crippen LogP contribution in [-0.4, -0.2) is 41.1 Å². The molecule has 0 aliphatic carbocycles. The summed E-state index contributed by atoms with van der Waals surface area (Å²) < 4.78 is 25.8. The predicted octanol–water partition coefficient (Wildman–Crippen LogP) is 0.489. The van der Waals surface area contributed by atoms with Crippen LogP contribution in [0.3, 0.4) is 0 Å². The molecule has 1 aromatic rings. The molecule has 0 aliphatic rings. The minimum Gasteiger partial charge on any atom is -0.392 e. The van der Waals surface area contributed by atoms with Crippen molar-refractivity contribution in [3.05, 3.63) is 24.4 Å². The highest BCUT2D eigenvalue weighted by Gasteiger charge is 2.27. The largest absolute Gasteiger partial charge is 0.392 e. The molecule has 0 fully saturated rings. The van der Waals surface area contributed by atoms with Crippen molar-refractivity contribution in [3.63, 3.8) is 0 Å². The van der Waals surface area contributed by atoms with Gasteiger partial charge in [-0.15, -0.1) is 6.58 Å². The SMILES string of the molecule is C=CCN(CCC)S(=O)(=O)c1[nH]ncc1CO. The molecule has 0 saturated heterocycles. The summed E-state index contributed by atoms with van der Waals surface area (Å²) in [6.07, 6.45) is 3.54. The maximum atomic E-state index is 12.2. The molecule has 0 unspecified atom stereocenters. The lowest BCUT2D eigenvalue weighted by atomic mass is 10.4. The van der Waals surface area contributed by atoms with Crippen LogP contribution in [0.2, 0.25) is 0 Å². The molecular weight excluding hydrogens is 242 g/mol. The number of hydrogen-bond donors (Lipinski definition) is 2. The fraction of sp³-hybridized carbons (Fsp3) is 0.500. The van der Waals surface area contributed by atoms with Crippen molar-refractivity contribution in [2.24, 2.45) is 0 Å². The Hall–Kier alpha value is -1.18. The van der Waals surface area contributed by atoms with Gasteiger partial charge in [-0.3, -0.25) is 5.10 Å². The maximum absolute atomic E-state index is 12.2. The van der Waals surface area contributed by atoms with Crippen LogP contribution < -0.4 is 0 Å². The van der Waals surface area contributed by atoms with E-state index in [1.807, 2.05) is 6.92 Å². The van der Waals surface area contributed by atoms with E-state index in [9.17, 15) is 8.42 Å². The molecule has 0 aromatic carbocycles. The zero-order chi connectivity index (χ0) is 12.9. The first-order valence-corrected chi connectivity index (χ1v) is 6.76. The van der Waals surface area contributed by atoms with Crippen molar-refractivity contribution in [2.75, 3.05) is 13.1 Å². The molecule has 0 saturated carbocycles. The Balaban J connectivity index is 3.11. The molecule has 7 heteroatoms. The molecule has 0 aliphatic heterocycles. The van der Waals surface area contributed by atoms with Crippen molar-refractivity contribution in [2.45, 2.75) is 25.0 Å². The highest BCUT2D eigenvalue weighted by Crippen LogP contribution is 2.17. The third-order valence-corrected chi connectivity index (χ3v) is 4.13. The Morgan fingerprint density at radius 1 is 1.65 bits per heavy atom. The number of H-pyrrole nitrogens is 1. The Bertz CT molecular complexity index is 467. The highest BCUT2D eigenvalue weighted by atomic mass is 32.2. The molecule has 0 bridgehead atoms. The summed E-state index contributed by atoms with van der Waals surface area (Å²) in [5.74, 6) is 0. The van der Waals surface area contributed by atoms with E-state index in [1.165, 1.54) is 16.6 Å². The van der Waals surface area contributed by atoms with Gasteiger partial charge in [0.1, 0.15) is 0 Å². The summed E-state index contributed by atoms with van der Waals surface area (Å²) in [5.41, 5.74) is 0.273. The quantitative estimate of drug-likeness (QED) is 0.698. The third kappa shape index (κ3) is 2.93. The Labute approximate surface area is 101 Å². The molecule has 17 heavy (non-hydrogen) atoms. The average Bonchev–Trinajstić information content (AvgIpc) is 2.77. The van der Waals surface area contributed by atoms with Gasteiger partial charge in [0.15, 0.2) is 5.03 Å². The molecule has 0 atom stereocenters. The fourth-order valence-electron chi connectivity index (χ4n) is 1.47. The summed E-state index contributed by atoms with van der Waals surface area (Å²) >= 11 is 0. The third-order valence-electron chi connectivity index (χ3n) is 2.25. The van der Waals surface area contributed by atoms with Crippen molar-refractivity contribution in [1.29, 1.82) is 0 Å². The number of aliphatic hydroxyl groups excluding tert-OH is 1. The van der Waals surface area contributed by atoms with Gasteiger partial charge in [-0.05, 0) is 6.42 Å². The van der Waals surface area contributed by atoms with Crippen LogP contribution in [0.4, 0.5) is 0 Å². The van der Waals surface area contributed by atoms with E-state index in [2.05, 4.69) is 16.8 Å².